The molecule has 0 amide bonds. The highest BCUT2D eigenvalue weighted by Crippen LogP contribution is 2.21. The zero-order valence-corrected chi connectivity index (χ0v) is 9.21. The topological polar surface area (TPSA) is 73.1 Å². The van der Waals surface area contributed by atoms with E-state index in [9.17, 15) is 13.2 Å². The lowest BCUT2D eigenvalue weighted by atomic mass is 10.3. The number of alkyl halides is 3. The van der Waals surface area contributed by atoms with Gasteiger partial charge in [-0.05, 0) is 13.3 Å². The molecule has 0 aliphatic rings. The first kappa shape index (κ1) is 13.5. The lowest BCUT2D eigenvalue weighted by Crippen LogP contribution is -2.12. The number of halogens is 3. The standard InChI is InChI=1S/C9H13F3N4O/c1-6-14-7(16-13)5-8(15-6)17-4-2-3-9(10,11)12/h5H,2-4,13H2,1H3,(H,14,15,16). The van der Waals surface area contributed by atoms with Crippen LogP contribution in [0.5, 0.6) is 5.88 Å². The summed E-state index contributed by atoms with van der Waals surface area (Å²) >= 11 is 0. The van der Waals surface area contributed by atoms with Crippen LogP contribution in [0.2, 0.25) is 0 Å². The van der Waals surface area contributed by atoms with Gasteiger partial charge in [-0.15, -0.1) is 0 Å². The Bertz CT molecular complexity index is 370. The molecule has 1 heterocycles. The van der Waals surface area contributed by atoms with Crippen LogP contribution >= 0.6 is 0 Å². The van der Waals surface area contributed by atoms with E-state index < -0.39 is 12.6 Å². The summed E-state index contributed by atoms with van der Waals surface area (Å²) in [7, 11) is 0. The van der Waals surface area contributed by atoms with Crippen LogP contribution in [-0.2, 0) is 0 Å². The van der Waals surface area contributed by atoms with Gasteiger partial charge in [-0.2, -0.15) is 18.2 Å². The number of nitrogens with two attached hydrogens (primary N) is 1. The highest BCUT2D eigenvalue weighted by Gasteiger charge is 2.26. The van der Waals surface area contributed by atoms with Crippen molar-refractivity contribution in [3.63, 3.8) is 0 Å². The molecule has 3 N–H and O–H groups in total. The van der Waals surface area contributed by atoms with Crippen molar-refractivity contribution >= 4 is 5.82 Å². The molecule has 0 fully saturated rings. The number of anilines is 1. The van der Waals surface area contributed by atoms with Gasteiger partial charge in [-0.3, -0.25) is 0 Å². The molecule has 0 bridgehead atoms. The molecule has 1 aromatic rings. The van der Waals surface area contributed by atoms with Gasteiger partial charge >= 0.3 is 6.18 Å². The predicted octanol–water partition coefficient (Wildman–Crippen LogP) is 1.79. The van der Waals surface area contributed by atoms with Gasteiger partial charge in [0.05, 0.1) is 6.61 Å². The number of hydrazine groups is 1. The number of rotatable bonds is 5. The molecular weight excluding hydrogens is 237 g/mol. The van der Waals surface area contributed by atoms with Crippen molar-refractivity contribution in [3.05, 3.63) is 11.9 Å². The fraction of sp³-hybridized carbons (Fsp3) is 0.556. The van der Waals surface area contributed by atoms with E-state index in [0.717, 1.165) is 0 Å². The van der Waals surface area contributed by atoms with Crippen molar-refractivity contribution in [2.75, 3.05) is 12.0 Å². The van der Waals surface area contributed by atoms with Gasteiger partial charge in [0.15, 0.2) is 0 Å². The molecule has 1 aromatic heterocycles. The molecule has 17 heavy (non-hydrogen) atoms. The summed E-state index contributed by atoms with van der Waals surface area (Å²) in [6, 6.07) is 1.42. The van der Waals surface area contributed by atoms with Gasteiger partial charge in [-0.1, -0.05) is 0 Å². The Morgan fingerprint density at radius 1 is 1.41 bits per heavy atom. The molecular formula is C9H13F3N4O. The molecule has 8 heteroatoms. The minimum Gasteiger partial charge on any atom is -0.478 e. The zero-order valence-electron chi connectivity index (χ0n) is 9.21. The highest BCUT2D eigenvalue weighted by molar-refractivity contribution is 5.36. The number of nitrogens with one attached hydrogen (secondary N) is 1. The van der Waals surface area contributed by atoms with Gasteiger partial charge in [-0.25, -0.2) is 10.8 Å². The SMILES string of the molecule is Cc1nc(NN)cc(OCCCC(F)(F)F)n1. The van der Waals surface area contributed by atoms with Gasteiger partial charge in [0, 0.05) is 12.5 Å². The fourth-order valence-corrected chi connectivity index (χ4v) is 1.14. The summed E-state index contributed by atoms with van der Waals surface area (Å²) in [6.07, 6.45) is -5.15. The minimum atomic E-state index is -4.16. The molecule has 0 atom stereocenters. The number of ether oxygens (including phenoxy) is 1. The quantitative estimate of drug-likeness (QED) is 0.473. The molecule has 0 radical (unpaired) electrons. The molecule has 0 aromatic carbocycles. The summed E-state index contributed by atoms with van der Waals surface area (Å²) in [6.45, 7) is 1.57. The molecule has 96 valence electrons. The van der Waals surface area contributed by atoms with Crippen LogP contribution < -0.4 is 16.0 Å². The highest BCUT2D eigenvalue weighted by atomic mass is 19.4. The lowest BCUT2D eigenvalue weighted by molar-refractivity contribution is -0.136. The van der Waals surface area contributed by atoms with Crippen molar-refractivity contribution < 1.29 is 17.9 Å². The molecule has 5 nitrogen and oxygen atoms in total. The first-order chi connectivity index (χ1) is 7.90. The van der Waals surface area contributed by atoms with Gasteiger partial charge < -0.3 is 10.2 Å². The van der Waals surface area contributed by atoms with Crippen LogP contribution in [0.3, 0.4) is 0 Å². The molecule has 0 unspecified atom stereocenters. The third kappa shape index (κ3) is 5.34. The maximum Gasteiger partial charge on any atom is 0.389 e. The molecule has 0 saturated carbocycles. The molecule has 1 rings (SSSR count). The van der Waals surface area contributed by atoms with Crippen molar-refractivity contribution in [1.82, 2.24) is 9.97 Å². The number of hydrogen-bond acceptors (Lipinski definition) is 5. The van der Waals surface area contributed by atoms with E-state index in [2.05, 4.69) is 15.4 Å². The van der Waals surface area contributed by atoms with Crippen LogP contribution in [-0.4, -0.2) is 22.8 Å². The number of aryl methyl sites for hydroxylation is 1. The van der Waals surface area contributed by atoms with Crippen molar-refractivity contribution in [2.45, 2.75) is 25.9 Å². The smallest absolute Gasteiger partial charge is 0.389 e. The average Bonchev–Trinajstić information content (AvgIpc) is 2.22. The van der Waals surface area contributed by atoms with E-state index in [0.29, 0.717) is 11.6 Å². The van der Waals surface area contributed by atoms with Crippen LogP contribution in [0.15, 0.2) is 6.07 Å². The first-order valence-electron chi connectivity index (χ1n) is 4.92. The van der Waals surface area contributed by atoms with E-state index in [-0.39, 0.29) is 18.9 Å². The Balaban J connectivity index is 2.44. The number of aromatic nitrogens is 2. The van der Waals surface area contributed by atoms with Gasteiger partial charge in [0.25, 0.3) is 0 Å². The van der Waals surface area contributed by atoms with Gasteiger partial charge in [0.1, 0.15) is 11.6 Å². The zero-order chi connectivity index (χ0) is 12.9. The average molecular weight is 250 g/mol. The third-order valence-corrected chi connectivity index (χ3v) is 1.82. The summed E-state index contributed by atoms with van der Waals surface area (Å²) in [5.74, 6) is 6.13. The third-order valence-electron chi connectivity index (χ3n) is 1.82. The van der Waals surface area contributed by atoms with Crippen LogP contribution in [0.1, 0.15) is 18.7 Å². The van der Waals surface area contributed by atoms with E-state index in [4.69, 9.17) is 10.6 Å². The second-order valence-electron chi connectivity index (χ2n) is 3.35. The second-order valence-corrected chi connectivity index (χ2v) is 3.35. The summed E-state index contributed by atoms with van der Waals surface area (Å²) < 4.78 is 40.6. The fourth-order valence-electron chi connectivity index (χ4n) is 1.14. The molecule has 0 saturated heterocycles. The monoisotopic (exact) mass is 250 g/mol. The number of nitrogens with zero attached hydrogens (tertiary/aromatic N) is 2. The molecule has 0 aliphatic heterocycles. The number of hydrogen-bond donors (Lipinski definition) is 2. The van der Waals surface area contributed by atoms with Crippen LogP contribution in [0, 0.1) is 6.92 Å². The van der Waals surface area contributed by atoms with Crippen molar-refractivity contribution in [3.8, 4) is 5.88 Å². The molecule has 0 spiro atoms. The summed E-state index contributed by atoms with van der Waals surface area (Å²) in [5.41, 5.74) is 2.31. The second kappa shape index (κ2) is 5.67. The maximum atomic E-state index is 11.9. The van der Waals surface area contributed by atoms with E-state index in [1.165, 1.54) is 6.07 Å². The predicted molar refractivity (Wildman–Crippen MR) is 55.4 cm³/mol. The largest absolute Gasteiger partial charge is 0.478 e. The summed E-state index contributed by atoms with van der Waals surface area (Å²) in [5, 5.41) is 0. The normalized spacial score (nSPS) is 11.4. The first-order valence-corrected chi connectivity index (χ1v) is 4.92. The van der Waals surface area contributed by atoms with Crippen LogP contribution in [0.4, 0.5) is 19.0 Å². The van der Waals surface area contributed by atoms with E-state index in [1.54, 1.807) is 6.92 Å². The van der Waals surface area contributed by atoms with Crippen molar-refractivity contribution in [2.24, 2.45) is 5.84 Å². The van der Waals surface area contributed by atoms with E-state index >= 15 is 0 Å². The van der Waals surface area contributed by atoms with E-state index in [1.807, 2.05) is 0 Å². The molecule has 0 aliphatic carbocycles. The maximum absolute atomic E-state index is 11.9. The Morgan fingerprint density at radius 3 is 2.71 bits per heavy atom. The van der Waals surface area contributed by atoms with Crippen LogP contribution in [0.25, 0.3) is 0 Å². The minimum absolute atomic E-state index is 0.0556. The number of nitrogen functional groups attached to an aromatic ring is 1. The Hall–Kier alpha value is -1.57. The Kier molecular flexibility index (Phi) is 4.50. The van der Waals surface area contributed by atoms with Gasteiger partial charge in [0.2, 0.25) is 5.88 Å². The summed E-state index contributed by atoms with van der Waals surface area (Å²) in [4.78, 5) is 7.82. The lowest BCUT2D eigenvalue weighted by Gasteiger charge is -2.08. The van der Waals surface area contributed by atoms with Crippen molar-refractivity contribution in [1.29, 1.82) is 0 Å². The Morgan fingerprint density at radius 2 is 2.12 bits per heavy atom. The Labute approximate surface area is 96.2 Å².